The number of likely N-dealkylation sites (tertiary alicyclic amines) is 1. The van der Waals surface area contributed by atoms with E-state index in [0.29, 0.717) is 54.4 Å². The average molecular weight is 491 g/mol. The molecular weight excluding hydrogens is 456 g/mol. The summed E-state index contributed by atoms with van der Waals surface area (Å²) in [5.41, 5.74) is 0.744. The molecular formula is C28H34N4O4. The summed E-state index contributed by atoms with van der Waals surface area (Å²) in [4.78, 5) is 35.7. The van der Waals surface area contributed by atoms with Crippen molar-refractivity contribution in [1.82, 2.24) is 19.4 Å². The van der Waals surface area contributed by atoms with E-state index in [2.05, 4.69) is 4.90 Å². The maximum Gasteiger partial charge on any atom is 0.410 e. The van der Waals surface area contributed by atoms with E-state index in [9.17, 15) is 9.59 Å². The van der Waals surface area contributed by atoms with Crippen molar-refractivity contribution >= 4 is 17.0 Å². The zero-order valence-electron chi connectivity index (χ0n) is 21.4. The SMILES string of the molecule is CCOc1ccccc1-n1c(CN2C3CCC2CN(C(=O)OC(C)(C)C)C3)nc2ccccc2c1=O. The number of carbonyl (C=O) groups is 1. The third-order valence-corrected chi connectivity index (χ3v) is 6.86. The lowest BCUT2D eigenvalue weighted by Crippen LogP contribution is -2.55. The van der Waals surface area contributed by atoms with E-state index in [0.717, 1.165) is 12.8 Å². The van der Waals surface area contributed by atoms with Crippen LogP contribution in [0.1, 0.15) is 46.4 Å². The van der Waals surface area contributed by atoms with Crippen LogP contribution in [0, 0.1) is 0 Å². The topological polar surface area (TPSA) is 76.9 Å². The second kappa shape index (κ2) is 9.58. The Balaban J connectivity index is 1.51. The van der Waals surface area contributed by atoms with Crippen LogP contribution >= 0.6 is 0 Å². The van der Waals surface area contributed by atoms with E-state index in [1.165, 1.54) is 0 Å². The van der Waals surface area contributed by atoms with Crippen LogP contribution in [0.3, 0.4) is 0 Å². The first-order valence-corrected chi connectivity index (χ1v) is 12.7. The summed E-state index contributed by atoms with van der Waals surface area (Å²) < 4.78 is 13.2. The van der Waals surface area contributed by atoms with Gasteiger partial charge in [0.1, 0.15) is 17.2 Å². The van der Waals surface area contributed by atoms with Gasteiger partial charge in [-0.1, -0.05) is 24.3 Å². The maximum atomic E-state index is 13.8. The average Bonchev–Trinajstić information content (AvgIpc) is 3.05. The van der Waals surface area contributed by atoms with Crippen LogP contribution in [0.2, 0.25) is 0 Å². The van der Waals surface area contributed by atoms with Crippen LogP contribution in [0.25, 0.3) is 16.6 Å². The summed E-state index contributed by atoms with van der Waals surface area (Å²) in [6.07, 6.45) is 1.74. The first kappa shape index (κ1) is 24.3. The van der Waals surface area contributed by atoms with Gasteiger partial charge in [-0.2, -0.15) is 0 Å². The summed E-state index contributed by atoms with van der Waals surface area (Å²) in [5, 5.41) is 0.574. The molecule has 2 aliphatic rings. The first-order valence-electron chi connectivity index (χ1n) is 12.7. The summed E-state index contributed by atoms with van der Waals surface area (Å²) in [5.74, 6) is 1.33. The highest BCUT2D eigenvalue weighted by Gasteiger charge is 2.42. The summed E-state index contributed by atoms with van der Waals surface area (Å²) in [7, 11) is 0. The molecule has 3 heterocycles. The van der Waals surface area contributed by atoms with Crippen molar-refractivity contribution in [2.75, 3.05) is 19.7 Å². The van der Waals surface area contributed by atoms with Gasteiger partial charge in [0.05, 0.1) is 29.7 Å². The predicted octanol–water partition coefficient (Wildman–Crippen LogP) is 4.37. The fourth-order valence-corrected chi connectivity index (χ4v) is 5.34. The first-order chi connectivity index (χ1) is 17.2. The number of hydrogen-bond acceptors (Lipinski definition) is 6. The minimum atomic E-state index is -0.522. The van der Waals surface area contributed by atoms with Crippen LogP contribution in [0.15, 0.2) is 53.3 Å². The van der Waals surface area contributed by atoms with Gasteiger partial charge in [0, 0.05) is 25.2 Å². The minimum Gasteiger partial charge on any atom is -0.492 e. The summed E-state index contributed by atoms with van der Waals surface area (Å²) in [6.45, 7) is 9.83. The summed E-state index contributed by atoms with van der Waals surface area (Å²) >= 11 is 0. The molecule has 2 atom stereocenters. The molecule has 0 saturated carbocycles. The number of piperazine rings is 1. The number of benzene rings is 2. The van der Waals surface area contributed by atoms with Gasteiger partial charge in [-0.05, 0) is 64.8 Å². The Labute approximate surface area is 211 Å². The van der Waals surface area contributed by atoms with Gasteiger partial charge in [-0.25, -0.2) is 9.78 Å². The third-order valence-electron chi connectivity index (χ3n) is 6.86. The Hall–Kier alpha value is -3.39. The molecule has 3 aromatic rings. The fraction of sp³-hybridized carbons (Fsp3) is 0.464. The number of aromatic nitrogens is 2. The van der Waals surface area contributed by atoms with Crippen molar-refractivity contribution in [1.29, 1.82) is 0 Å². The molecule has 2 saturated heterocycles. The second-order valence-electron chi connectivity index (χ2n) is 10.5. The normalized spacial score (nSPS) is 20.1. The summed E-state index contributed by atoms with van der Waals surface area (Å²) in [6, 6.07) is 15.4. The number of para-hydroxylation sites is 3. The molecule has 2 fully saturated rings. The predicted molar refractivity (Wildman–Crippen MR) is 139 cm³/mol. The number of fused-ring (bicyclic) bond motifs is 3. The van der Waals surface area contributed by atoms with E-state index in [1.54, 1.807) is 4.57 Å². The number of ether oxygens (including phenoxy) is 2. The molecule has 1 amide bonds. The van der Waals surface area contributed by atoms with Gasteiger partial charge in [-0.3, -0.25) is 14.3 Å². The lowest BCUT2D eigenvalue weighted by molar-refractivity contribution is -0.000672. The zero-order valence-corrected chi connectivity index (χ0v) is 21.4. The number of rotatable bonds is 5. The van der Waals surface area contributed by atoms with Crippen LogP contribution in [-0.4, -0.2) is 62.8 Å². The van der Waals surface area contributed by atoms with Crippen molar-refractivity contribution in [2.24, 2.45) is 0 Å². The fourth-order valence-electron chi connectivity index (χ4n) is 5.34. The number of hydrogen-bond donors (Lipinski definition) is 0. The molecule has 8 heteroatoms. The molecule has 0 spiro atoms. The molecule has 190 valence electrons. The number of carbonyl (C=O) groups excluding carboxylic acids is 1. The van der Waals surface area contributed by atoms with Crippen LogP contribution in [-0.2, 0) is 11.3 Å². The van der Waals surface area contributed by atoms with Gasteiger partial charge in [0.25, 0.3) is 5.56 Å². The molecule has 8 nitrogen and oxygen atoms in total. The molecule has 5 rings (SSSR count). The van der Waals surface area contributed by atoms with E-state index in [1.807, 2.05) is 81.1 Å². The molecule has 2 aromatic carbocycles. The third kappa shape index (κ3) is 4.69. The van der Waals surface area contributed by atoms with Crippen molar-refractivity contribution in [3.05, 3.63) is 64.7 Å². The smallest absolute Gasteiger partial charge is 0.410 e. The van der Waals surface area contributed by atoms with Crippen LogP contribution in [0.4, 0.5) is 4.79 Å². The Kier molecular flexibility index (Phi) is 6.47. The van der Waals surface area contributed by atoms with Crippen molar-refractivity contribution in [2.45, 2.75) is 64.8 Å². The molecule has 2 unspecified atom stereocenters. The van der Waals surface area contributed by atoms with Crippen molar-refractivity contribution in [3.8, 4) is 11.4 Å². The Morgan fingerprint density at radius 3 is 2.39 bits per heavy atom. The lowest BCUT2D eigenvalue weighted by Gasteiger charge is -2.41. The highest BCUT2D eigenvalue weighted by Crippen LogP contribution is 2.33. The van der Waals surface area contributed by atoms with Crippen molar-refractivity contribution < 1.29 is 14.3 Å². The lowest BCUT2D eigenvalue weighted by atomic mass is 10.1. The van der Waals surface area contributed by atoms with Gasteiger partial charge in [0.2, 0.25) is 0 Å². The van der Waals surface area contributed by atoms with Crippen LogP contribution in [0.5, 0.6) is 5.75 Å². The quantitative estimate of drug-likeness (QED) is 0.529. The van der Waals surface area contributed by atoms with Gasteiger partial charge in [0.15, 0.2) is 0 Å². The largest absolute Gasteiger partial charge is 0.492 e. The Bertz CT molecular complexity index is 1320. The minimum absolute atomic E-state index is 0.109. The van der Waals surface area contributed by atoms with E-state index < -0.39 is 5.60 Å². The second-order valence-corrected chi connectivity index (χ2v) is 10.5. The number of amides is 1. The molecule has 36 heavy (non-hydrogen) atoms. The van der Waals surface area contributed by atoms with Crippen molar-refractivity contribution in [3.63, 3.8) is 0 Å². The maximum absolute atomic E-state index is 13.8. The van der Waals surface area contributed by atoms with Crippen LogP contribution < -0.4 is 10.3 Å². The van der Waals surface area contributed by atoms with E-state index >= 15 is 0 Å². The zero-order chi connectivity index (χ0) is 25.4. The molecule has 0 aliphatic carbocycles. The highest BCUT2D eigenvalue weighted by atomic mass is 16.6. The van der Waals surface area contributed by atoms with Gasteiger partial charge < -0.3 is 14.4 Å². The Morgan fingerprint density at radius 1 is 1.03 bits per heavy atom. The number of nitrogens with zero attached hydrogens (tertiary/aromatic N) is 4. The molecule has 0 radical (unpaired) electrons. The standard InChI is InChI=1S/C28H34N4O4/c1-5-35-24-13-9-8-12-23(24)32-25(29-22-11-7-6-10-21(22)26(32)33)18-31-19-14-15-20(31)17-30(16-19)27(34)36-28(2,3)4/h6-13,19-20H,5,14-18H2,1-4H3. The van der Waals surface area contributed by atoms with Gasteiger partial charge in [-0.15, -0.1) is 0 Å². The molecule has 2 bridgehead atoms. The molecule has 1 aromatic heterocycles. The molecule has 2 aliphatic heterocycles. The van der Waals surface area contributed by atoms with E-state index in [4.69, 9.17) is 14.5 Å². The van der Waals surface area contributed by atoms with Gasteiger partial charge >= 0.3 is 6.09 Å². The Morgan fingerprint density at radius 2 is 1.69 bits per heavy atom. The highest BCUT2D eigenvalue weighted by molar-refractivity contribution is 5.78. The monoisotopic (exact) mass is 490 g/mol. The molecule has 0 N–H and O–H groups in total. The van der Waals surface area contributed by atoms with E-state index in [-0.39, 0.29) is 23.7 Å².